The van der Waals surface area contributed by atoms with Crippen LogP contribution in [0.25, 0.3) is 0 Å². The first-order valence-corrected chi connectivity index (χ1v) is 8.91. The molecule has 0 saturated carbocycles. The molecule has 0 bridgehead atoms. The summed E-state index contributed by atoms with van der Waals surface area (Å²) < 4.78 is 4.93. The molecule has 3 aromatic rings. The van der Waals surface area contributed by atoms with Crippen molar-refractivity contribution < 1.29 is 14.3 Å². The number of para-hydroxylation sites is 1. The van der Waals surface area contributed by atoms with Crippen molar-refractivity contribution in [2.75, 3.05) is 17.2 Å². The largest absolute Gasteiger partial charge is 0.462 e. The molecule has 0 aliphatic rings. The third kappa shape index (κ3) is 4.96. The molecule has 0 atom stereocenters. The van der Waals surface area contributed by atoms with Gasteiger partial charge in [-0.15, -0.1) is 0 Å². The van der Waals surface area contributed by atoms with Gasteiger partial charge in [-0.25, -0.2) is 9.78 Å². The highest BCUT2D eigenvalue weighted by Gasteiger charge is 2.10. The van der Waals surface area contributed by atoms with Crippen molar-refractivity contribution in [1.29, 1.82) is 5.26 Å². The second-order valence-corrected chi connectivity index (χ2v) is 5.97. The molecule has 2 N–H and O–H groups in total. The zero-order valence-corrected chi connectivity index (χ0v) is 15.7. The molecule has 29 heavy (non-hydrogen) atoms. The van der Waals surface area contributed by atoms with Gasteiger partial charge in [0, 0.05) is 11.9 Å². The Labute approximate surface area is 168 Å². The van der Waals surface area contributed by atoms with Crippen molar-refractivity contribution in [3.05, 3.63) is 83.6 Å². The number of nitrogens with zero attached hydrogens (tertiary/aromatic N) is 2. The summed E-state index contributed by atoms with van der Waals surface area (Å²) in [7, 11) is 0. The zero-order chi connectivity index (χ0) is 20.6. The number of nitriles is 1. The highest BCUT2D eigenvalue weighted by atomic mass is 16.5. The predicted molar refractivity (Wildman–Crippen MR) is 109 cm³/mol. The number of carbonyl (C=O) groups excluding carboxylic acids is 2. The van der Waals surface area contributed by atoms with Crippen molar-refractivity contribution in [1.82, 2.24) is 4.98 Å². The van der Waals surface area contributed by atoms with E-state index < -0.39 is 5.97 Å². The monoisotopic (exact) mass is 386 g/mol. The Hall–Kier alpha value is -4.18. The standard InChI is InChI=1S/C22H18N4O3/c1-2-29-22(28)15-7-10-18(11-8-15)25-21(27)17-9-12-20(24-14-17)26-19-6-4-3-5-16(19)13-23/h3-12,14H,2H2,1H3,(H,24,26)(H,25,27). The zero-order valence-electron chi connectivity index (χ0n) is 15.7. The van der Waals surface area contributed by atoms with Crippen LogP contribution < -0.4 is 10.6 Å². The van der Waals surface area contributed by atoms with Gasteiger partial charge < -0.3 is 15.4 Å². The SMILES string of the molecule is CCOC(=O)c1ccc(NC(=O)c2ccc(Nc3ccccc3C#N)nc2)cc1. The van der Waals surface area contributed by atoms with Gasteiger partial charge in [-0.1, -0.05) is 12.1 Å². The normalized spacial score (nSPS) is 9.93. The van der Waals surface area contributed by atoms with E-state index in [0.717, 1.165) is 0 Å². The van der Waals surface area contributed by atoms with E-state index >= 15 is 0 Å². The van der Waals surface area contributed by atoms with E-state index in [-0.39, 0.29) is 5.91 Å². The van der Waals surface area contributed by atoms with E-state index in [9.17, 15) is 9.59 Å². The van der Waals surface area contributed by atoms with Crippen LogP contribution in [0.15, 0.2) is 66.9 Å². The Bertz CT molecular complexity index is 1050. The second-order valence-electron chi connectivity index (χ2n) is 5.97. The van der Waals surface area contributed by atoms with Crippen LogP contribution in [0.5, 0.6) is 0 Å². The summed E-state index contributed by atoms with van der Waals surface area (Å²) >= 11 is 0. The van der Waals surface area contributed by atoms with Gasteiger partial charge in [0.15, 0.2) is 0 Å². The molecule has 0 aliphatic carbocycles. The molecule has 0 radical (unpaired) electrons. The molecule has 144 valence electrons. The van der Waals surface area contributed by atoms with Crippen LogP contribution in [0.4, 0.5) is 17.2 Å². The van der Waals surface area contributed by atoms with Crippen molar-refractivity contribution in [2.45, 2.75) is 6.92 Å². The number of nitrogens with one attached hydrogen (secondary N) is 2. The molecule has 3 rings (SSSR count). The number of esters is 1. The van der Waals surface area contributed by atoms with Crippen LogP contribution in [-0.4, -0.2) is 23.5 Å². The molecular formula is C22H18N4O3. The fourth-order valence-electron chi connectivity index (χ4n) is 2.54. The quantitative estimate of drug-likeness (QED) is 0.618. The lowest BCUT2D eigenvalue weighted by atomic mass is 10.2. The average Bonchev–Trinajstić information content (AvgIpc) is 2.75. The summed E-state index contributed by atoms with van der Waals surface area (Å²) in [5.74, 6) is -0.218. The lowest BCUT2D eigenvalue weighted by Crippen LogP contribution is -2.12. The molecule has 0 saturated heterocycles. The summed E-state index contributed by atoms with van der Waals surface area (Å²) in [6.07, 6.45) is 1.44. The smallest absolute Gasteiger partial charge is 0.338 e. The van der Waals surface area contributed by atoms with Crippen LogP contribution in [0.3, 0.4) is 0 Å². The molecule has 7 nitrogen and oxygen atoms in total. The average molecular weight is 386 g/mol. The lowest BCUT2D eigenvalue weighted by Gasteiger charge is -2.09. The van der Waals surface area contributed by atoms with Gasteiger partial charge in [-0.2, -0.15) is 5.26 Å². The third-order valence-electron chi connectivity index (χ3n) is 3.99. The highest BCUT2D eigenvalue weighted by Crippen LogP contribution is 2.19. The van der Waals surface area contributed by atoms with E-state index in [1.54, 1.807) is 61.5 Å². The number of ether oxygens (including phenoxy) is 1. The lowest BCUT2D eigenvalue weighted by molar-refractivity contribution is 0.0526. The Kier molecular flexibility index (Phi) is 6.18. The molecule has 1 aromatic heterocycles. The molecule has 2 aromatic carbocycles. The van der Waals surface area contributed by atoms with Crippen molar-refractivity contribution in [2.24, 2.45) is 0 Å². The van der Waals surface area contributed by atoms with Crippen LogP contribution in [0.2, 0.25) is 0 Å². The first-order valence-electron chi connectivity index (χ1n) is 8.91. The van der Waals surface area contributed by atoms with Crippen molar-refractivity contribution >= 4 is 29.1 Å². The summed E-state index contributed by atoms with van der Waals surface area (Å²) in [5.41, 5.74) is 2.48. The maximum absolute atomic E-state index is 12.4. The Morgan fingerprint density at radius 2 is 1.76 bits per heavy atom. The number of anilines is 3. The van der Waals surface area contributed by atoms with Crippen LogP contribution >= 0.6 is 0 Å². The summed E-state index contributed by atoms with van der Waals surface area (Å²) in [6, 6.07) is 18.9. The first kappa shape index (κ1) is 19.6. The van der Waals surface area contributed by atoms with Crippen LogP contribution in [0, 0.1) is 11.3 Å². The Morgan fingerprint density at radius 3 is 2.41 bits per heavy atom. The molecular weight excluding hydrogens is 368 g/mol. The van der Waals surface area contributed by atoms with Crippen LogP contribution in [0.1, 0.15) is 33.2 Å². The van der Waals surface area contributed by atoms with Gasteiger partial charge >= 0.3 is 5.97 Å². The van der Waals surface area contributed by atoms with Gasteiger partial charge in [0.2, 0.25) is 0 Å². The second kappa shape index (κ2) is 9.15. The minimum absolute atomic E-state index is 0.303. The van der Waals surface area contributed by atoms with Gasteiger partial charge in [0.05, 0.1) is 29.0 Å². The Morgan fingerprint density at radius 1 is 1.03 bits per heavy atom. The molecule has 1 amide bonds. The van der Waals surface area contributed by atoms with Gasteiger partial charge in [-0.05, 0) is 55.5 Å². The van der Waals surface area contributed by atoms with E-state index in [2.05, 4.69) is 21.7 Å². The van der Waals surface area contributed by atoms with E-state index in [0.29, 0.717) is 40.5 Å². The third-order valence-corrected chi connectivity index (χ3v) is 3.99. The fourth-order valence-corrected chi connectivity index (χ4v) is 2.54. The van der Waals surface area contributed by atoms with Gasteiger partial charge in [0.1, 0.15) is 11.9 Å². The summed E-state index contributed by atoms with van der Waals surface area (Å²) in [5, 5.41) is 14.9. The number of carbonyl (C=O) groups is 2. The number of benzene rings is 2. The van der Waals surface area contributed by atoms with Gasteiger partial charge in [0.25, 0.3) is 5.91 Å². The fraction of sp³-hybridized carbons (Fsp3) is 0.0909. The van der Waals surface area contributed by atoms with E-state index in [1.807, 2.05) is 6.07 Å². The van der Waals surface area contributed by atoms with Crippen LogP contribution in [-0.2, 0) is 4.74 Å². The number of rotatable bonds is 6. The summed E-state index contributed by atoms with van der Waals surface area (Å²) in [6.45, 7) is 2.04. The highest BCUT2D eigenvalue weighted by molar-refractivity contribution is 6.04. The minimum Gasteiger partial charge on any atom is -0.462 e. The number of pyridine rings is 1. The molecule has 0 fully saturated rings. The molecule has 1 heterocycles. The van der Waals surface area contributed by atoms with Crippen molar-refractivity contribution in [3.63, 3.8) is 0 Å². The number of amides is 1. The maximum Gasteiger partial charge on any atom is 0.338 e. The molecule has 0 spiro atoms. The summed E-state index contributed by atoms with van der Waals surface area (Å²) in [4.78, 5) is 28.3. The first-order chi connectivity index (χ1) is 14.1. The van der Waals surface area contributed by atoms with Gasteiger partial charge in [-0.3, -0.25) is 4.79 Å². The number of aromatic nitrogens is 1. The molecule has 0 aliphatic heterocycles. The maximum atomic E-state index is 12.4. The minimum atomic E-state index is -0.407. The van der Waals surface area contributed by atoms with Crippen molar-refractivity contribution in [3.8, 4) is 6.07 Å². The number of hydrogen-bond donors (Lipinski definition) is 2. The molecule has 0 unspecified atom stereocenters. The van der Waals surface area contributed by atoms with E-state index in [4.69, 9.17) is 10.00 Å². The topological polar surface area (TPSA) is 104 Å². The number of hydrogen-bond acceptors (Lipinski definition) is 6. The van der Waals surface area contributed by atoms with E-state index in [1.165, 1.54) is 6.20 Å². The Balaban J connectivity index is 1.64. The molecule has 7 heteroatoms. The predicted octanol–water partition coefficient (Wildman–Crippen LogP) is 4.13.